The summed E-state index contributed by atoms with van der Waals surface area (Å²) in [6.45, 7) is 7.04. The molecule has 1 N–H and O–H groups in total. The molecule has 2 aromatic heterocycles. The Bertz CT molecular complexity index is 1880. The average Bonchev–Trinajstić information content (AvgIpc) is 3.51. The Morgan fingerprint density at radius 1 is 1.12 bits per heavy atom. The molecule has 8 nitrogen and oxygen atoms in total. The Balaban J connectivity index is 1.62. The Labute approximate surface area is 244 Å². The van der Waals surface area contributed by atoms with Gasteiger partial charge >= 0.3 is 11.9 Å². The molecular weight excluding hydrogens is 560 g/mol. The fourth-order valence-corrected chi connectivity index (χ4v) is 6.24. The van der Waals surface area contributed by atoms with Crippen molar-refractivity contribution in [2.24, 2.45) is 4.99 Å². The SMILES string of the molecule is CSc1ccc(C2C(C(=O)OC(C)C)=C(C)N=c3sc(=Cc4ccc(-c5cccc(C(=O)O)c5C)o4)c(=O)n32)cc1. The van der Waals surface area contributed by atoms with E-state index in [1.807, 2.05) is 30.5 Å². The normalized spacial score (nSPS) is 15.2. The molecule has 0 radical (unpaired) electrons. The van der Waals surface area contributed by atoms with Gasteiger partial charge in [-0.3, -0.25) is 9.36 Å². The van der Waals surface area contributed by atoms with Crippen LogP contribution < -0.4 is 14.9 Å². The fourth-order valence-electron chi connectivity index (χ4n) is 4.80. The molecule has 1 unspecified atom stereocenters. The molecule has 3 heterocycles. The lowest BCUT2D eigenvalue weighted by Crippen LogP contribution is -2.40. The minimum atomic E-state index is -1.01. The van der Waals surface area contributed by atoms with Gasteiger partial charge in [0.1, 0.15) is 11.5 Å². The van der Waals surface area contributed by atoms with Gasteiger partial charge < -0.3 is 14.3 Å². The zero-order valence-corrected chi connectivity index (χ0v) is 24.8. The van der Waals surface area contributed by atoms with E-state index in [9.17, 15) is 19.5 Å². The summed E-state index contributed by atoms with van der Waals surface area (Å²) in [6, 6.07) is 15.5. The van der Waals surface area contributed by atoms with Gasteiger partial charge in [0, 0.05) is 16.5 Å². The summed E-state index contributed by atoms with van der Waals surface area (Å²) in [5, 5.41) is 9.48. The molecule has 10 heteroatoms. The van der Waals surface area contributed by atoms with Crippen molar-refractivity contribution >= 4 is 41.1 Å². The number of carbonyl (C=O) groups is 2. The maximum Gasteiger partial charge on any atom is 0.338 e. The van der Waals surface area contributed by atoms with Gasteiger partial charge in [-0.15, -0.1) is 11.8 Å². The summed E-state index contributed by atoms with van der Waals surface area (Å²) >= 11 is 2.81. The van der Waals surface area contributed by atoms with Gasteiger partial charge in [0.05, 0.1) is 33.5 Å². The second kappa shape index (κ2) is 11.4. The summed E-state index contributed by atoms with van der Waals surface area (Å²) in [4.78, 5) is 44.9. The molecule has 1 aliphatic rings. The van der Waals surface area contributed by atoms with Crippen LogP contribution in [0, 0.1) is 6.92 Å². The highest BCUT2D eigenvalue weighted by molar-refractivity contribution is 7.98. The third-order valence-corrected chi connectivity index (χ3v) is 8.47. The first-order valence-electron chi connectivity index (χ1n) is 12.9. The number of ether oxygens (including phenoxy) is 1. The minimum absolute atomic E-state index is 0.196. The Hall–Kier alpha value is -4.15. The standard InChI is InChI=1S/C31H28N2O6S2/c1-16(2)38-30(37)26-18(4)32-31-33(27(26)19-9-12-21(40-5)13-10-19)28(34)25(41-31)15-20-11-14-24(39-20)22-7-6-8-23(17(22)3)29(35)36/h6-16,27H,1-5H3,(H,35,36). The quantitative estimate of drug-likeness (QED) is 0.234. The number of rotatable bonds is 7. The molecule has 0 saturated heterocycles. The van der Waals surface area contributed by atoms with Crippen molar-refractivity contribution in [3.63, 3.8) is 0 Å². The largest absolute Gasteiger partial charge is 0.478 e. The van der Waals surface area contributed by atoms with Crippen LogP contribution in [-0.2, 0) is 9.53 Å². The van der Waals surface area contributed by atoms with Crippen LogP contribution >= 0.6 is 23.1 Å². The molecule has 1 aliphatic heterocycles. The van der Waals surface area contributed by atoms with E-state index < -0.39 is 18.0 Å². The number of fused-ring (bicyclic) bond motifs is 1. The van der Waals surface area contributed by atoms with E-state index in [1.54, 1.807) is 80.4 Å². The van der Waals surface area contributed by atoms with Gasteiger partial charge in [0.25, 0.3) is 5.56 Å². The molecular formula is C31H28N2O6S2. The number of esters is 1. The molecule has 0 saturated carbocycles. The van der Waals surface area contributed by atoms with Crippen LogP contribution in [0.5, 0.6) is 0 Å². The van der Waals surface area contributed by atoms with Crippen molar-refractivity contribution in [1.82, 2.24) is 4.57 Å². The summed E-state index contributed by atoms with van der Waals surface area (Å²) in [7, 11) is 0. The number of hydrogen-bond acceptors (Lipinski definition) is 8. The van der Waals surface area contributed by atoms with Crippen molar-refractivity contribution in [3.8, 4) is 11.3 Å². The molecule has 4 aromatic rings. The van der Waals surface area contributed by atoms with Crippen LogP contribution in [0.2, 0.25) is 0 Å². The topological polar surface area (TPSA) is 111 Å². The predicted octanol–water partition coefficient (Wildman–Crippen LogP) is 5.18. The maximum atomic E-state index is 13.9. The van der Waals surface area contributed by atoms with Crippen LogP contribution in [0.15, 0.2) is 85.0 Å². The lowest BCUT2D eigenvalue weighted by molar-refractivity contribution is -0.143. The number of aromatic nitrogens is 1. The van der Waals surface area contributed by atoms with Crippen LogP contribution in [0.4, 0.5) is 0 Å². The molecule has 210 valence electrons. The first kappa shape index (κ1) is 28.4. The molecule has 0 bridgehead atoms. The van der Waals surface area contributed by atoms with E-state index in [2.05, 4.69) is 4.99 Å². The van der Waals surface area contributed by atoms with Gasteiger partial charge in [0.2, 0.25) is 0 Å². The fraction of sp³-hybridized carbons (Fsp3) is 0.226. The highest BCUT2D eigenvalue weighted by atomic mass is 32.2. The number of allylic oxidation sites excluding steroid dienone is 1. The molecule has 0 fully saturated rings. The van der Waals surface area contributed by atoms with Crippen LogP contribution in [-0.4, -0.2) is 34.0 Å². The van der Waals surface area contributed by atoms with Crippen LogP contribution in [0.3, 0.4) is 0 Å². The first-order valence-corrected chi connectivity index (χ1v) is 14.9. The summed E-state index contributed by atoms with van der Waals surface area (Å²) in [5.74, 6) is -0.599. The predicted molar refractivity (Wildman–Crippen MR) is 159 cm³/mol. The van der Waals surface area contributed by atoms with Gasteiger partial charge in [-0.2, -0.15) is 0 Å². The number of hydrogen-bond donors (Lipinski definition) is 1. The Morgan fingerprint density at radius 3 is 2.51 bits per heavy atom. The Kier molecular flexibility index (Phi) is 7.88. The van der Waals surface area contributed by atoms with Crippen molar-refractivity contribution < 1.29 is 23.8 Å². The molecule has 0 amide bonds. The van der Waals surface area contributed by atoms with E-state index in [4.69, 9.17) is 9.15 Å². The molecule has 41 heavy (non-hydrogen) atoms. The third-order valence-electron chi connectivity index (χ3n) is 6.75. The lowest BCUT2D eigenvalue weighted by atomic mass is 9.96. The lowest BCUT2D eigenvalue weighted by Gasteiger charge is -2.25. The molecule has 0 spiro atoms. The van der Waals surface area contributed by atoms with E-state index in [0.29, 0.717) is 43.3 Å². The van der Waals surface area contributed by atoms with Crippen molar-refractivity contribution in [3.05, 3.63) is 108 Å². The number of benzene rings is 2. The number of thioether (sulfide) groups is 1. The van der Waals surface area contributed by atoms with E-state index >= 15 is 0 Å². The molecule has 0 aliphatic carbocycles. The van der Waals surface area contributed by atoms with E-state index in [0.717, 1.165) is 10.5 Å². The van der Waals surface area contributed by atoms with E-state index in [-0.39, 0.29) is 17.2 Å². The van der Waals surface area contributed by atoms with Crippen LogP contribution in [0.25, 0.3) is 17.4 Å². The minimum Gasteiger partial charge on any atom is -0.478 e. The first-order chi connectivity index (χ1) is 19.6. The average molecular weight is 589 g/mol. The van der Waals surface area contributed by atoms with Gasteiger partial charge in [-0.1, -0.05) is 35.6 Å². The van der Waals surface area contributed by atoms with E-state index in [1.165, 1.54) is 11.3 Å². The van der Waals surface area contributed by atoms with Crippen LogP contribution in [0.1, 0.15) is 54.1 Å². The number of carboxylic acid groups (broad SMARTS) is 1. The second-order valence-corrected chi connectivity index (χ2v) is 11.7. The summed E-state index contributed by atoms with van der Waals surface area (Å²) < 4.78 is 13.5. The number of carboxylic acids is 1. The van der Waals surface area contributed by atoms with Gasteiger partial charge in [0.15, 0.2) is 4.80 Å². The number of thiazole rings is 1. The number of nitrogens with zero attached hydrogens (tertiary/aromatic N) is 2. The molecule has 5 rings (SSSR count). The van der Waals surface area contributed by atoms with Crippen molar-refractivity contribution in [1.29, 1.82) is 0 Å². The maximum absolute atomic E-state index is 13.9. The highest BCUT2D eigenvalue weighted by Gasteiger charge is 2.33. The monoisotopic (exact) mass is 588 g/mol. The Morgan fingerprint density at radius 2 is 1.85 bits per heavy atom. The number of aromatic carboxylic acids is 1. The zero-order chi connectivity index (χ0) is 29.4. The molecule has 2 aromatic carbocycles. The van der Waals surface area contributed by atoms with Gasteiger partial charge in [-0.05, 0) is 75.4 Å². The van der Waals surface area contributed by atoms with Gasteiger partial charge in [-0.25, -0.2) is 14.6 Å². The van der Waals surface area contributed by atoms with Crippen molar-refractivity contribution in [2.45, 2.75) is 44.7 Å². The third kappa shape index (κ3) is 5.45. The summed E-state index contributed by atoms with van der Waals surface area (Å²) in [5.41, 5.74) is 2.72. The van der Waals surface area contributed by atoms with Crippen molar-refractivity contribution in [2.75, 3.05) is 6.26 Å². The number of carbonyl (C=O) groups excluding carboxylic acids is 1. The molecule has 1 atom stereocenters. The zero-order valence-electron chi connectivity index (χ0n) is 23.1. The smallest absolute Gasteiger partial charge is 0.338 e. The number of furan rings is 1. The highest BCUT2D eigenvalue weighted by Crippen LogP contribution is 2.32. The second-order valence-electron chi connectivity index (χ2n) is 9.79. The summed E-state index contributed by atoms with van der Waals surface area (Å²) in [6.07, 6.45) is 3.29.